The van der Waals surface area contributed by atoms with Crippen LogP contribution in [-0.4, -0.2) is 7.11 Å². The quantitative estimate of drug-likeness (QED) is 0.595. The zero-order valence-corrected chi connectivity index (χ0v) is 15.7. The maximum atomic E-state index is 5.19. The molecular formula is C23H30O. The van der Waals surface area contributed by atoms with Crippen LogP contribution in [0.15, 0.2) is 60.7 Å². The van der Waals surface area contributed by atoms with E-state index in [4.69, 9.17) is 4.74 Å². The van der Waals surface area contributed by atoms with Gasteiger partial charge in [-0.3, -0.25) is 0 Å². The second-order valence-corrected chi connectivity index (χ2v) is 7.61. The molecule has 0 amide bonds. The van der Waals surface area contributed by atoms with Crippen molar-refractivity contribution < 1.29 is 4.74 Å². The summed E-state index contributed by atoms with van der Waals surface area (Å²) in [6.45, 7) is 9.05. The summed E-state index contributed by atoms with van der Waals surface area (Å²) in [5.74, 6) is 1.46. The Labute approximate surface area is 147 Å². The molecule has 128 valence electrons. The smallest absolute Gasteiger partial charge is 0.118 e. The molecule has 1 unspecified atom stereocenters. The molecule has 0 saturated heterocycles. The van der Waals surface area contributed by atoms with Crippen molar-refractivity contribution in [1.82, 2.24) is 0 Å². The van der Waals surface area contributed by atoms with E-state index in [2.05, 4.69) is 76.2 Å². The number of hydrogen-bond donors (Lipinski definition) is 0. The van der Waals surface area contributed by atoms with Crippen LogP contribution in [0.3, 0.4) is 0 Å². The van der Waals surface area contributed by atoms with Crippen molar-refractivity contribution in [1.29, 1.82) is 0 Å². The number of hydrogen-bond acceptors (Lipinski definition) is 1. The number of methoxy groups -OCH3 is 1. The molecule has 0 aliphatic rings. The molecule has 2 aromatic rings. The molecular weight excluding hydrogens is 292 g/mol. The minimum Gasteiger partial charge on any atom is -0.497 e. The summed E-state index contributed by atoms with van der Waals surface area (Å²) in [5, 5.41) is 0. The van der Waals surface area contributed by atoms with E-state index in [0.29, 0.717) is 5.92 Å². The van der Waals surface area contributed by atoms with Gasteiger partial charge in [-0.1, -0.05) is 76.2 Å². The van der Waals surface area contributed by atoms with Crippen LogP contribution in [0.4, 0.5) is 0 Å². The molecule has 0 N–H and O–H groups in total. The summed E-state index contributed by atoms with van der Waals surface area (Å²) in [6.07, 6.45) is 6.65. The van der Waals surface area contributed by atoms with E-state index < -0.39 is 0 Å². The van der Waals surface area contributed by atoms with Gasteiger partial charge in [0.15, 0.2) is 0 Å². The standard InChI is InChI=1S/C23H30O/c1-18(7-6-8-19-11-15-22(24-5)16-12-19)17-20-9-13-21(14-10-20)23(2,3)4/h6-7,9-16,18H,8,17H2,1-5H3/b7-6+. The van der Waals surface area contributed by atoms with Crippen LogP contribution in [0.5, 0.6) is 5.75 Å². The maximum Gasteiger partial charge on any atom is 0.118 e. The lowest BCUT2D eigenvalue weighted by Gasteiger charge is -2.19. The first-order chi connectivity index (χ1) is 11.4. The van der Waals surface area contributed by atoms with Crippen molar-refractivity contribution in [2.24, 2.45) is 5.92 Å². The molecule has 2 rings (SSSR count). The number of ether oxygens (including phenoxy) is 1. The van der Waals surface area contributed by atoms with Gasteiger partial charge in [-0.15, -0.1) is 0 Å². The molecule has 0 saturated carbocycles. The molecule has 0 radical (unpaired) electrons. The van der Waals surface area contributed by atoms with Crippen molar-refractivity contribution in [3.8, 4) is 5.75 Å². The topological polar surface area (TPSA) is 9.23 Å². The molecule has 0 spiro atoms. The Morgan fingerprint density at radius 1 is 0.917 bits per heavy atom. The molecule has 0 fully saturated rings. The van der Waals surface area contributed by atoms with Crippen LogP contribution in [0, 0.1) is 5.92 Å². The van der Waals surface area contributed by atoms with Crippen LogP contribution < -0.4 is 4.74 Å². The van der Waals surface area contributed by atoms with Crippen molar-refractivity contribution in [3.05, 3.63) is 77.4 Å². The van der Waals surface area contributed by atoms with Crippen molar-refractivity contribution in [2.75, 3.05) is 7.11 Å². The molecule has 2 aromatic carbocycles. The Hall–Kier alpha value is -2.02. The molecule has 0 bridgehead atoms. The number of benzene rings is 2. The number of allylic oxidation sites excluding steroid dienone is 2. The fraction of sp³-hybridized carbons (Fsp3) is 0.391. The molecule has 1 nitrogen and oxygen atoms in total. The summed E-state index contributed by atoms with van der Waals surface area (Å²) in [7, 11) is 1.70. The summed E-state index contributed by atoms with van der Waals surface area (Å²) < 4.78 is 5.19. The highest BCUT2D eigenvalue weighted by molar-refractivity contribution is 5.29. The van der Waals surface area contributed by atoms with Gasteiger partial charge >= 0.3 is 0 Å². The van der Waals surface area contributed by atoms with Gasteiger partial charge in [-0.25, -0.2) is 0 Å². The van der Waals surface area contributed by atoms with E-state index in [0.717, 1.165) is 18.6 Å². The molecule has 0 aromatic heterocycles. The summed E-state index contributed by atoms with van der Waals surface area (Å²) in [6, 6.07) is 17.4. The third-order valence-corrected chi connectivity index (χ3v) is 4.35. The zero-order chi connectivity index (χ0) is 17.6. The minimum atomic E-state index is 0.225. The largest absolute Gasteiger partial charge is 0.497 e. The second kappa shape index (κ2) is 8.19. The molecule has 1 heteroatoms. The van der Waals surface area contributed by atoms with E-state index in [-0.39, 0.29) is 5.41 Å². The average molecular weight is 322 g/mol. The predicted octanol–water partition coefficient (Wildman–Crippen LogP) is 5.97. The lowest BCUT2D eigenvalue weighted by molar-refractivity contribution is 0.414. The fourth-order valence-corrected chi connectivity index (χ4v) is 2.78. The van der Waals surface area contributed by atoms with Crippen molar-refractivity contribution in [3.63, 3.8) is 0 Å². The summed E-state index contributed by atoms with van der Waals surface area (Å²) in [4.78, 5) is 0. The predicted molar refractivity (Wildman–Crippen MR) is 104 cm³/mol. The summed E-state index contributed by atoms with van der Waals surface area (Å²) >= 11 is 0. The first-order valence-electron chi connectivity index (χ1n) is 8.77. The normalized spacial score (nSPS) is 13.2. The van der Waals surface area contributed by atoms with Crippen LogP contribution >= 0.6 is 0 Å². The number of rotatable bonds is 6. The highest BCUT2D eigenvalue weighted by Gasteiger charge is 2.12. The third-order valence-electron chi connectivity index (χ3n) is 4.35. The van der Waals surface area contributed by atoms with E-state index in [9.17, 15) is 0 Å². The Morgan fingerprint density at radius 2 is 1.50 bits per heavy atom. The first kappa shape index (κ1) is 18.3. The van der Waals surface area contributed by atoms with Crippen LogP contribution in [-0.2, 0) is 18.3 Å². The first-order valence-corrected chi connectivity index (χ1v) is 8.77. The van der Waals surface area contributed by atoms with Crippen molar-refractivity contribution >= 4 is 0 Å². The van der Waals surface area contributed by atoms with Gasteiger partial charge in [0.1, 0.15) is 5.75 Å². The molecule has 0 aliphatic carbocycles. The minimum absolute atomic E-state index is 0.225. The molecule has 24 heavy (non-hydrogen) atoms. The van der Waals surface area contributed by atoms with E-state index in [1.807, 2.05) is 12.1 Å². The molecule has 0 heterocycles. The van der Waals surface area contributed by atoms with Gasteiger partial charge in [-0.2, -0.15) is 0 Å². The lowest BCUT2D eigenvalue weighted by atomic mass is 9.86. The monoisotopic (exact) mass is 322 g/mol. The highest BCUT2D eigenvalue weighted by Crippen LogP contribution is 2.23. The Bertz CT molecular complexity index is 642. The lowest BCUT2D eigenvalue weighted by Crippen LogP contribution is -2.10. The van der Waals surface area contributed by atoms with Crippen LogP contribution in [0.1, 0.15) is 44.4 Å². The van der Waals surface area contributed by atoms with Gasteiger partial charge in [0.25, 0.3) is 0 Å². The molecule has 0 aliphatic heterocycles. The Balaban J connectivity index is 1.86. The zero-order valence-electron chi connectivity index (χ0n) is 15.7. The summed E-state index contributed by atoms with van der Waals surface area (Å²) in [5.41, 5.74) is 4.34. The van der Waals surface area contributed by atoms with E-state index in [1.54, 1.807) is 7.11 Å². The second-order valence-electron chi connectivity index (χ2n) is 7.61. The van der Waals surface area contributed by atoms with E-state index >= 15 is 0 Å². The van der Waals surface area contributed by atoms with Gasteiger partial charge in [0.2, 0.25) is 0 Å². The fourth-order valence-electron chi connectivity index (χ4n) is 2.78. The van der Waals surface area contributed by atoms with E-state index in [1.165, 1.54) is 16.7 Å². The van der Waals surface area contributed by atoms with Crippen LogP contribution in [0.25, 0.3) is 0 Å². The SMILES string of the molecule is COc1ccc(C/C=C/C(C)Cc2ccc(C(C)(C)C)cc2)cc1. The molecule has 1 atom stereocenters. The third kappa shape index (κ3) is 5.56. The average Bonchev–Trinajstić information content (AvgIpc) is 2.55. The van der Waals surface area contributed by atoms with Gasteiger partial charge in [0, 0.05) is 0 Å². The maximum absolute atomic E-state index is 5.19. The van der Waals surface area contributed by atoms with Crippen molar-refractivity contribution in [2.45, 2.75) is 46.0 Å². The van der Waals surface area contributed by atoms with Gasteiger partial charge in [0.05, 0.1) is 7.11 Å². The Kier molecular flexibility index (Phi) is 6.25. The highest BCUT2D eigenvalue weighted by atomic mass is 16.5. The van der Waals surface area contributed by atoms with Crippen LogP contribution in [0.2, 0.25) is 0 Å². The Morgan fingerprint density at radius 3 is 2.04 bits per heavy atom. The van der Waals surface area contributed by atoms with Gasteiger partial charge < -0.3 is 4.74 Å². The van der Waals surface area contributed by atoms with Gasteiger partial charge in [-0.05, 0) is 53.0 Å².